The summed E-state index contributed by atoms with van der Waals surface area (Å²) in [7, 11) is 0. The predicted molar refractivity (Wildman–Crippen MR) is 72.3 cm³/mol. The maximum atomic E-state index is 11.8. The first-order valence-electron chi connectivity index (χ1n) is 6.53. The van der Waals surface area contributed by atoms with E-state index < -0.39 is 23.8 Å². The summed E-state index contributed by atoms with van der Waals surface area (Å²) < 4.78 is 4.98. The summed E-state index contributed by atoms with van der Waals surface area (Å²) in [6.07, 6.45) is 0.404. The lowest BCUT2D eigenvalue weighted by atomic mass is 10.1. The highest BCUT2D eigenvalue weighted by Crippen LogP contribution is 2.14. The molecule has 1 aromatic rings. The van der Waals surface area contributed by atoms with Crippen molar-refractivity contribution < 1.29 is 24.0 Å². The number of aromatic nitrogens is 1. The van der Waals surface area contributed by atoms with Crippen molar-refractivity contribution in [3.63, 3.8) is 0 Å². The van der Waals surface area contributed by atoms with Crippen LogP contribution in [0.5, 0.6) is 0 Å². The molecule has 1 atom stereocenters. The molecule has 0 spiro atoms. The Bertz CT molecular complexity index is 518. The number of carboxylic acids is 1. The molecule has 0 fully saturated rings. The first kappa shape index (κ1) is 16.7. The van der Waals surface area contributed by atoms with E-state index in [-0.39, 0.29) is 19.3 Å². The highest BCUT2D eigenvalue weighted by molar-refractivity contribution is 5.84. The molecule has 21 heavy (non-hydrogen) atoms. The number of nitrogens with zero attached hydrogens (tertiary/aromatic N) is 1. The molecule has 0 radical (unpaired) electrons. The monoisotopic (exact) mass is 297 g/mol. The van der Waals surface area contributed by atoms with E-state index in [1.165, 1.54) is 0 Å². The number of amides is 2. The second-order valence-electron chi connectivity index (χ2n) is 4.77. The van der Waals surface area contributed by atoms with Crippen LogP contribution >= 0.6 is 0 Å². The van der Waals surface area contributed by atoms with E-state index in [9.17, 15) is 14.4 Å². The standard InChI is InChI=1S/C13H19N3O5/c1-7-9(8(2)21-16-7)3-6-12(18)15-10(13(19)20)4-5-11(14)17/h10H,3-6H2,1-2H3,(H2,14,17)(H,15,18)(H,19,20)/t10-/m0/s1. The van der Waals surface area contributed by atoms with Crippen molar-refractivity contribution in [3.8, 4) is 0 Å². The summed E-state index contributed by atoms with van der Waals surface area (Å²) in [6.45, 7) is 3.52. The van der Waals surface area contributed by atoms with Gasteiger partial charge in [-0.2, -0.15) is 0 Å². The van der Waals surface area contributed by atoms with Gasteiger partial charge in [0.1, 0.15) is 11.8 Å². The highest BCUT2D eigenvalue weighted by atomic mass is 16.5. The number of nitrogens with two attached hydrogens (primary N) is 1. The smallest absolute Gasteiger partial charge is 0.326 e. The lowest BCUT2D eigenvalue weighted by Crippen LogP contribution is -2.41. The Balaban J connectivity index is 2.50. The summed E-state index contributed by atoms with van der Waals surface area (Å²) in [4.78, 5) is 33.4. The zero-order valence-electron chi connectivity index (χ0n) is 12.0. The highest BCUT2D eigenvalue weighted by Gasteiger charge is 2.21. The summed E-state index contributed by atoms with van der Waals surface area (Å²) in [5.41, 5.74) is 6.52. The van der Waals surface area contributed by atoms with Crippen LogP contribution in [-0.4, -0.2) is 34.1 Å². The van der Waals surface area contributed by atoms with Gasteiger partial charge in [-0.25, -0.2) is 4.79 Å². The van der Waals surface area contributed by atoms with Crippen LogP contribution in [0.3, 0.4) is 0 Å². The molecule has 0 unspecified atom stereocenters. The fourth-order valence-electron chi connectivity index (χ4n) is 1.91. The third-order valence-electron chi connectivity index (χ3n) is 3.10. The molecule has 0 aliphatic rings. The average molecular weight is 297 g/mol. The third-order valence-corrected chi connectivity index (χ3v) is 3.10. The van der Waals surface area contributed by atoms with E-state index in [0.717, 1.165) is 5.56 Å². The number of carboxylic acid groups (broad SMARTS) is 1. The third kappa shape index (κ3) is 5.25. The van der Waals surface area contributed by atoms with Gasteiger partial charge in [-0.15, -0.1) is 0 Å². The van der Waals surface area contributed by atoms with Gasteiger partial charge in [0.15, 0.2) is 0 Å². The molecule has 0 aliphatic heterocycles. The number of rotatable bonds is 8. The van der Waals surface area contributed by atoms with Gasteiger partial charge in [-0.1, -0.05) is 5.16 Å². The van der Waals surface area contributed by atoms with Gasteiger partial charge in [-0.05, 0) is 26.7 Å². The molecule has 8 nitrogen and oxygen atoms in total. The molecule has 8 heteroatoms. The predicted octanol–water partition coefficient (Wildman–Crippen LogP) is 0.0589. The molecule has 1 heterocycles. The molecule has 116 valence electrons. The van der Waals surface area contributed by atoms with Gasteiger partial charge in [-0.3, -0.25) is 9.59 Å². The molecular formula is C13H19N3O5. The molecule has 2 amide bonds. The fourth-order valence-corrected chi connectivity index (χ4v) is 1.91. The Hall–Kier alpha value is -2.38. The van der Waals surface area contributed by atoms with Crippen molar-refractivity contribution in [3.05, 3.63) is 17.0 Å². The minimum Gasteiger partial charge on any atom is -0.480 e. The van der Waals surface area contributed by atoms with E-state index in [2.05, 4.69) is 10.5 Å². The summed E-state index contributed by atoms with van der Waals surface area (Å²) in [5, 5.41) is 15.1. The molecule has 1 rings (SSSR count). The minimum absolute atomic E-state index is 0.0261. The van der Waals surface area contributed by atoms with Crippen LogP contribution in [0.1, 0.15) is 36.3 Å². The Morgan fingerprint density at radius 2 is 2.00 bits per heavy atom. The van der Waals surface area contributed by atoms with Crippen molar-refractivity contribution in [1.29, 1.82) is 0 Å². The molecule has 1 aromatic heterocycles. The van der Waals surface area contributed by atoms with Crippen LogP contribution in [0, 0.1) is 13.8 Å². The number of carbonyl (C=O) groups excluding carboxylic acids is 2. The normalized spacial score (nSPS) is 11.9. The number of carbonyl (C=O) groups is 3. The summed E-state index contributed by atoms with van der Waals surface area (Å²) in [5.74, 6) is -1.57. The molecule has 0 aliphatic carbocycles. The van der Waals surface area contributed by atoms with Gasteiger partial charge in [0, 0.05) is 18.4 Å². The second-order valence-corrected chi connectivity index (χ2v) is 4.77. The van der Waals surface area contributed by atoms with E-state index >= 15 is 0 Å². The first-order chi connectivity index (χ1) is 9.81. The molecule has 0 aromatic carbocycles. The van der Waals surface area contributed by atoms with Crippen LogP contribution in [0.25, 0.3) is 0 Å². The zero-order chi connectivity index (χ0) is 16.0. The molecule has 0 saturated carbocycles. The van der Waals surface area contributed by atoms with Crippen molar-refractivity contribution in [2.45, 2.75) is 45.6 Å². The largest absolute Gasteiger partial charge is 0.480 e. The van der Waals surface area contributed by atoms with Gasteiger partial charge in [0.2, 0.25) is 11.8 Å². The lowest BCUT2D eigenvalue weighted by Gasteiger charge is -2.13. The molecular weight excluding hydrogens is 278 g/mol. The van der Waals surface area contributed by atoms with Crippen LogP contribution in [0.4, 0.5) is 0 Å². The van der Waals surface area contributed by atoms with Crippen LogP contribution < -0.4 is 11.1 Å². The van der Waals surface area contributed by atoms with Gasteiger partial charge >= 0.3 is 5.97 Å². The van der Waals surface area contributed by atoms with E-state index in [0.29, 0.717) is 17.9 Å². The van der Waals surface area contributed by atoms with Gasteiger partial charge in [0.25, 0.3) is 0 Å². The number of primary amides is 1. The van der Waals surface area contributed by atoms with Crippen molar-refractivity contribution in [2.75, 3.05) is 0 Å². The summed E-state index contributed by atoms with van der Waals surface area (Å²) in [6, 6.07) is -1.12. The molecule has 0 bridgehead atoms. The number of nitrogens with one attached hydrogen (secondary N) is 1. The van der Waals surface area contributed by atoms with Gasteiger partial charge in [0.05, 0.1) is 5.69 Å². The minimum atomic E-state index is -1.19. The maximum absolute atomic E-state index is 11.8. The fraction of sp³-hybridized carbons (Fsp3) is 0.538. The van der Waals surface area contributed by atoms with E-state index in [4.69, 9.17) is 15.4 Å². The lowest BCUT2D eigenvalue weighted by molar-refractivity contribution is -0.142. The second kappa shape index (κ2) is 7.41. The van der Waals surface area contributed by atoms with E-state index in [1.54, 1.807) is 13.8 Å². The van der Waals surface area contributed by atoms with Crippen LogP contribution in [0.2, 0.25) is 0 Å². The SMILES string of the molecule is Cc1noc(C)c1CCC(=O)N[C@@H](CCC(N)=O)C(=O)O. The maximum Gasteiger partial charge on any atom is 0.326 e. The topological polar surface area (TPSA) is 136 Å². The van der Waals surface area contributed by atoms with Crippen molar-refractivity contribution in [2.24, 2.45) is 5.73 Å². The number of aryl methyl sites for hydroxylation is 2. The Morgan fingerprint density at radius 3 is 2.48 bits per heavy atom. The Kier molecular flexibility index (Phi) is 5.89. The van der Waals surface area contributed by atoms with Gasteiger partial charge < -0.3 is 20.7 Å². The Labute approximate surface area is 121 Å². The van der Waals surface area contributed by atoms with E-state index in [1.807, 2.05) is 0 Å². The molecule has 4 N–H and O–H groups in total. The number of hydrogen-bond donors (Lipinski definition) is 3. The zero-order valence-corrected chi connectivity index (χ0v) is 12.0. The Morgan fingerprint density at radius 1 is 1.33 bits per heavy atom. The average Bonchev–Trinajstić information content (AvgIpc) is 2.71. The van der Waals surface area contributed by atoms with Crippen molar-refractivity contribution in [1.82, 2.24) is 10.5 Å². The molecule has 0 saturated heterocycles. The summed E-state index contributed by atoms with van der Waals surface area (Å²) >= 11 is 0. The van der Waals surface area contributed by atoms with Crippen LogP contribution in [-0.2, 0) is 20.8 Å². The number of aliphatic carboxylic acids is 1. The van der Waals surface area contributed by atoms with Crippen LogP contribution in [0.15, 0.2) is 4.52 Å². The quantitative estimate of drug-likeness (QED) is 0.620. The number of hydrogen-bond acceptors (Lipinski definition) is 5. The first-order valence-corrected chi connectivity index (χ1v) is 6.53. The van der Waals surface area contributed by atoms with Crippen molar-refractivity contribution >= 4 is 17.8 Å².